The third-order valence-electron chi connectivity index (χ3n) is 3.82. The number of phenols is 1. The van der Waals surface area contributed by atoms with Crippen LogP contribution in [-0.4, -0.2) is 12.2 Å². The number of hydrogen-bond donors (Lipinski definition) is 1. The Kier molecular flexibility index (Phi) is 3.82. The standard InChI is InChI=1S/C19H18O4/c1-11(2)8-9-12-10-15(22-3)19-16(17(12)20)18(21)13-6-4-5-7-14(13)23-19/h4-8,10,20H,9H2,1-3H3. The molecular weight excluding hydrogens is 292 g/mol. The highest BCUT2D eigenvalue weighted by Gasteiger charge is 2.18. The van der Waals surface area contributed by atoms with Crippen molar-refractivity contribution in [1.82, 2.24) is 0 Å². The van der Waals surface area contributed by atoms with Crippen LogP contribution in [0.25, 0.3) is 21.9 Å². The number of ether oxygens (including phenoxy) is 1. The lowest BCUT2D eigenvalue weighted by molar-refractivity contribution is 0.408. The van der Waals surface area contributed by atoms with Gasteiger partial charge in [0, 0.05) is 5.56 Å². The van der Waals surface area contributed by atoms with Crippen LogP contribution >= 0.6 is 0 Å². The van der Waals surface area contributed by atoms with E-state index in [4.69, 9.17) is 9.15 Å². The molecule has 0 atom stereocenters. The number of allylic oxidation sites excluding steroid dienone is 2. The average molecular weight is 310 g/mol. The minimum absolute atomic E-state index is 0.0437. The van der Waals surface area contributed by atoms with Gasteiger partial charge in [-0.3, -0.25) is 4.79 Å². The fraction of sp³-hybridized carbons (Fsp3) is 0.211. The van der Waals surface area contributed by atoms with E-state index in [2.05, 4.69) is 0 Å². The second kappa shape index (κ2) is 5.80. The summed E-state index contributed by atoms with van der Waals surface area (Å²) >= 11 is 0. The van der Waals surface area contributed by atoms with Crippen molar-refractivity contribution in [3.63, 3.8) is 0 Å². The van der Waals surface area contributed by atoms with Crippen molar-refractivity contribution in [2.75, 3.05) is 7.11 Å². The van der Waals surface area contributed by atoms with Crippen molar-refractivity contribution in [3.05, 3.63) is 57.8 Å². The summed E-state index contributed by atoms with van der Waals surface area (Å²) < 4.78 is 11.2. The third kappa shape index (κ3) is 2.57. The van der Waals surface area contributed by atoms with Gasteiger partial charge < -0.3 is 14.3 Å². The first-order valence-electron chi connectivity index (χ1n) is 7.40. The first-order valence-corrected chi connectivity index (χ1v) is 7.40. The van der Waals surface area contributed by atoms with Crippen LogP contribution in [0.3, 0.4) is 0 Å². The molecule has 4 nitrogen and oxygen atoms in total. The Hall–Kier alpha value is -2.75. The minimum Gasteiger partial charge on any atom is -0.507 e. The van der Waals surface area contributed by atoms with Gasteiger partial charge in [-0.05, 0) is 38.5 Å². The summed E-state index contributed by atoms with van der Waals surface area (Å²) in [6.07, 6.45) is 2.51. The molecule has 3 rings (SSSR count). The van der Waals surface area contributed by atoms with Crippen molar-refractivity contribution in [1.29, 1.82) is 0 Å². The van der Waals surface area contributed by atoms with E-state index in [9.17, 15) is 9.90 Å². The Morgan fingerprint density at radius 3 is 2.74 bits per heavy atom. The Balaban J connectivity index is 2.42. The van der Waals surface area contributed by atoms with Gasteiger partial charge in [-0.25, -0.2) is 0 Å². The first-order chi connectivity index (χ1) is 11.0. The molecule has 0 bridgehead atoms. The summed E-state index contributed by atoms with van der Waals surface area (Å²) in [7, 11) is 1.52. The zero-order valence-electron chi connectivity index (χ0n) is 13.3. The molecule has 2 aromatic carbocycles. The van der Waals surface area contributed by atoms with Crippen LogP contribution in [-0.2, 0) is 6.42 Å². The van der Waals surface area contributed by atoms with Crippen molar-refractivity contribution in [2.45, 2.75) is 20.3 Å². The Labute approximate surface area is 133 Å². The number of methoxy groups -OCH3 is 1. The van der Waals surface area contributed by atoms with Crippen LogP contribution in [0.1, 0.15) is 19.4 Å². The number of aromatic hydroxyl groups is 1. The Bertz CT molecular complexity index is 976. The largest absolute Gasteiger partial charge is 0.507 e. The maximum atomic E-state index is 12.8. The summed E-state index contributed by atoms with van der Waals surface area (Å²) in [5, 5.41) is 11.2. The summed E-state index contributed by atoms with van der Waals surface area (Å²) in [5.74, 6) is 0.399. The van der Waals surface area contributed by atoms with Crippen LogP contribution in [0.4, 0.5) is 0 Å². The highest BCUT2D eigenvalue weighted by molar-refractivity contribution is 5.96. The van der Waals surface area contributed by atoms with Crippen molar-refractivity contribution in [3.8, 4) is 11.5 Å². The molecule has 4 heteroatoms. The average Bonchev–Trinajstić information content (AvgIpc) is 2.54. The van der Waals surface area contributed by atoms with Gasteiger partial charge in [0.05, 0.1) is 12.5 Å². The van der Waals surface area contributed by atoms with Gasteiger partial charge >= 0.3 is 0 Å². The second-order valence-corrected chi connectivity index (χ2v) is 5.70. The normalized spacial score (nSPS) is 10.9. The molecular formula is C19H18O4. The minimum atomic E-state index is -0.253. The lowest BCUT2D eigenvalue weighted by Crippen LogP contribution is -2.04. The molecule has 0 spiro atoms. The first kappa shape index (κ1) is 15.2. The van der Waals surface area contributed by atoms with Gasteiger partial charge in [0.15, 0.2) is 11.3 Å². The Morgan fingerprint density at radius 1 is 1.30 bits per heavy atom. The van der Waals surface area contributed by atoms with Gasteiger partial charge in [-0.1, -0.05) is 23.8 Å². The van der Waals surface area contributed by atoms with Gasteiger partial charge in [0.1, 0.15) is 16.7 Å². The molecule has 0 aliphatic rings. The fourth-order valence-electron chi connectivity index (χ4n) is 2.60. The van der Waals surface area contributed by atoms with Gasteiger partial charge in [0.2, 0.25) is 5.43 Å². The van der Waals surface area contributed by atoms with Gasteiger partial charge in [0.25, 0.3) is 0 Å². The molecule has 118 valence electrons. The zero-order valence-corrected chi connectivity index (χ0v) is 13.3. The molecule has 1 aromatic heterocycles. The lowest BCUT2D eigenvalue weighted by Gasteiger charge is -2.11. The SMILES string of the molecule is COc1cc(CC=C(C)C)c(O)c2c(=O)c3ccccc3oc12. The maximum Gasteiger partial charge on any atom is 0.204 e. The van der Waals surface area contributed by atoms with Gasteiger partial charge in [-0.2, -0.15) is 0 Å². The predicted octanol–water partition coefficient (Wildman–Crippen LogP) is 4.17. The monoisotopic (exact) mass is 310 g/mol. The lowest BCUT2D eigenvalue weighted by atomic mass is 10.0. The van der Waals surface area contributed by atoms with E-state index in [1.54, 1.807) is 30.3 Å². The second-order valence-electron chi connectivity index (χ2n) is 5.70. The van der Waals surface area contributed by atoms with Crippen LogP contribution in [0, 0.1) is 0 Å². The molecule has 1 N–H and O–H groups in total. The highest BCUT2D eigenvalue weighted by Crippen LogP contribution is 2.36. The molecule has 23 heavy (non-hydrogen) atoms. The molecule has 3 aromatic rings. The molecule has 1 heterocycles. The van der Waals surface area contributed by atoms with Crippen molar-refractivity contribution >= 4 is 21.9 Å². The fourth-order valence-corrected chi connectivity index (χ4v) is 2.60. The predicted molar refractivity (Wildman–Crippen MR) is 91.3 cm³/mol. The van der Waals surface area contributed by atoms with Crippen LogP contribution < -0.4 is 10.2 Å². The van der Waals surface area contributed by atoms with E-state index in [1.807, 2.05) is 19.9 Å². The third-order valence-corrected chi connectivity index (χ3v) is 3.82. The van der Waals surface area contributed by atoms with E-state index >= 15 is 0 Å². The number of fused-ring (bicyclic) bond motifs is 2. The van der Waals surface area contributed by atoms with Crippen LogP contribution in [0.15, 0.2) is 51.2 Å². The molecule has 0 fully saturated rings. The van der Waals surface area contributed by atoms with Crippen LogP contribution in [0.2, 0.25) is 0 Å². The van der Waals surface area contributed by atoms with Gasteiger partial charge in [-0.15, -0.1) is 0 Å². The molecule has 0 aliphatic carbocycles. The van der Waals surface area contributed by atoms with E-state index in [0.29, 0.717) is 28.7 Å². The summed E-state index contributed by atoms with van der Waals surface area (Å²) in [5.41, 5.74) is 2.26. The number of benzene rings is 2. The smallest absolute Gasteiger partial charge is 0.204 e. The highest BCUT2D eigenvalue weighted by atomic mass is 16.5. The molecule has 0 radical (unpaired) electrons. The Morgan fingerprint density at radius 2 is 2.04 bits per heavy atom. The number of rotatable bonds is 3. The van der Waals surface area contributed by atoms with E-state index < -0.39 is 0 Å². The molecule has 0 saturated heterocycles. The molecule has 0 saturated carbocycles. The quantitative estimate of drug-likeness (QED) is 0.582. The summed E-state index contributed by atoms with van der Waals surface area (Å²) in [4.78, 5) is 12.8. The van der Waals surface area contributed by atoms with Crippen molar-refractivity contribution < 1.29 is 14.3 Å². The number of phenolic OH excluding ortho intramolecular Hbond substituents is 1. The zero-order chi connectivity index (χ0) is 16.6. The number of para-hydroxylation sites is 1. The van der Waals surface area contributed by atoms with E-state index in [-0.39, 0.29) is 22.1 Å². The molecule has 0 unspecified atom stereocenters. The van der Waals surface area contributed by atoms with Crippen LogP contribution in [0.5, 0.6) is 11.5 Å². The molecule has 0 amide bonds. The van der Waals surface area contributed by atoms with E-state index in [0.717, 1.165) is 5.57 Å². The van der Waals surface area contributed by atoms with Crippen molar-refractivity contribution in [2.24, 2.45) is 0 Å². The summed E-state index contributed by atoms with van der Waals surface area (Å²) in [6, 6.07) is 8.70. The molecule has 0 aliphatic heterocycles. The van der Waals surface area contributed by atoms with E-state index in [1.165, 1.54) is 7.11 Å². The topological polar surface area (TPSA) is 59.7 Å². The number of hydrogen-bond acceptors (Lipinski definition) is 4. The maximum absolute atomic E-state index is 12.8. The summed E-state index contributed by atoms with van der Waals surface area (Å²) in [6.45, 7) is 3.97.